The van der Waals surface area contributed by atoms with E-state index in [0.29, 0.717) is 6.04 Å². The van der Waals surface area contributed by atoms with E-state index in [0.717, 1.165) is 38.6 Å². The highest BCUT2D eigenvalue weighted by Crippen LogP contribution is 2.09. The van der Waals surface area contributed by atoms with Crippen LogP contribution in [-0.2, 0) is 18.3 Å². The lowest BCUT2D eigenvalue weighted by molar-refractivity contribution is 0.135. The van der Waals surface area contributed by atoms with Gasteiger partial charge >= 0.3 is 0 Å². The van der Waals surface area contributed by atoms with Crippen molar-refractivity contribution in [2.75, 3.05) is 33.4 Å². The van der Waals surface area contributed by atoms with Gasteiger partial charge in [-0.3, -0.25) is 4.90 Å². The van der Waals surface area contributed by atoms with Crippen molar-refractivity contribution in [1.82, 2.24) is 25.0 Å². The second-order valence-electron chi connectivity index (χ2n) is 4.88. The van der Waals surface area contributed by atoms with E-state index in [1.54, 1.807) is 13.4 Å². The fraction of sp³-hybridized carbons (Fsp3) is 0.833. The highest BCUT2D eigenvalue weighted by molar-refractivity contribution is 4.86. The molecule has 0 amide bonds. The zero-order valence-corrected chi connectivity index (χ0v) is 11.3. The van der Waals surface area contributed by atoms with Gasteiger partial charge in [0.25, 0.3) is 0 Å². The molecule has 1 aliphatic rings. The Morgan fingerprint density at radius 2 is 2.50 bits per heavy atom. The van der Waals surface area contributed by atoms with Crippen LogP contribution in [0.5, 0.6) is 0 Å². The van der Waals surface area contributed by atoms with Crippen molar-refractivity contribution in [3.63, 3.8) is 0 Å². The lowest BCUT2D eigenvalue weighted by Crippen LogP contribution is -2.39. The second kappa shape index (κ2) is 6.82. The number of rotatable bonds is 7. The van der Waals surface area contributed by atoms with Gasteiger partial charge in [-0.05, 0) is 19.4 Å². The van der Waals surface area contributed by atoms with Gasteiger partial charge in [0, 0.05) is 33.3 Å². The first-order valence-corrected chi connectivity index (χ1v) is 6.57. The summed E-state index contributed by atoms with van der Waals surface area (Å²) < 4.78 is 7.16. The fourth-order valence-corrected chi connectivity index (χ4v) is 2.33. The zero-order valence-electron chi connectivity index (χ0n) is 11.3. The lowest BCUT2D eigenvalue weighted by atomic mass is 10.2. The first kappa shape index (κ1) is 13.5. The summed E-state index contributed by atoms with van der Waals surface area (Å²) in [6.45, 7) is 4.72. The number of hydrogen-bond donors (Lipinski definition) is 1. The molecule has 6 heteroatoms. The van der Waals surface area contributed by atoms with E-state index in [1.165, 1.54) is 12.8 Å². The van der Waals surface area contributed by atoms with Gasteiger partial charge in [0.2, 0.25) is 0 Å². The molecule has 18 heavy (non-hydrogen) atoms. The SMILES string of the molecule is COCCN(Cc1nncn1C)CC1CCCN1. The summed E-state index contributed by atoms with van der Waals surface area (Å²) in [7, 11) is 3.73. The summed E-state index contributed by atoms with van der Waals surface area (Å²) in [6, 6.07) is 0.607. The number of ether oxygens (including phenoxy) is 1. The van der Waals surface area contributed by atoms with Crippen molar-refractivity contribution in [1.29, 1.82) is 0 Å². The van der Waals surface area contributed by atoms with E-state index < -0.39 is 0 Å². The molecule has 0 bridgehead atoms. The summed E-state index contributed by atoms with van der Waals surface area (Å²) in [6.07, 6.45) is 4.30. The minimum absolute atomic E-state index is 0.607. The normalized spacial score (nSPS) is 19.8. The van der Waals surface area contributed by atoms with Gasteiger partial charge in [-0.2, -0.15) is 0 Å². The lowest BCUT2D eigenvalue weighted by Gasteiger charge is -2.24. The molecule has 0 radical (unpaired) electrons. The third-order valence-electron chi connectivity index (χ3n) is 3.42. The molecule has 6 nitrogen and oxygen atoms in total. The molecule has 102 valence electrons. The van der Waals surface area contributed by atoms with Crippen LogP contribution >= 0.6 is 0 Å². The third kappa shape index (κ3) is 3.76. The highest BCUT2D eigenvalue weighted by atomic mass is 16.5. The van der Waals surface area contributed by atoms with Crippen molar-refractivity contribution in [2.45, 2.75) is 25.4 Å². The molecular formula is C12H23N5O. The number of aromatic nitrogens is 3. The van der Waals surface area contributed by atoms with Crippen LogP contribution < -0.4 is 5.32 Å². The van der Waals surface area contributed by atoms with E-state index in [-0.39, 0.29) is 0 Å². The van der Waals surface area contributed by atoms with E-state index in [9.17, 15) is 0 Å². The molecule has 0 aromatic carbocycles. The number of hydrogen-bond acceptors (Lipinski definition) is 5. The van der Waals surface area contributed by atoms with Crippen LogP contribution in [0.25, 0.3) is 0 Å². The highest BCUT2D eigenvalue weighted by Gasteiger charge is 2.19. The summed E-state index contributed by atoms with van der Waals surface area (Å²) >= 11 is 0. The van der Waals surface area contributed by atoms with Gasteiger partial charge in [0.15, 0.2) is 0 Å². The Morgan fingerprint density at radius 1 is 1.61 bits per heavy atom. The molecule has 1 aromatic rings. The van der Waals surface area contributed by atoms with Crippen LogP contribution in [0.4, 0.5) is 0 Å². The number of nitrogens with zero attached hydrogens (tertiary/aromatic N) is 4. The minimum atomic E-state index is 0.607. The van der Waals surface area contributed by atoms with Gasteiger partial charge in [-0.25, -0.2) is 0 Å². The quantitative estimate of drug-likeness (QED) is 0.742. The summed E-state index contributed by atoms with van der Waals surface area (Å²) in [5.74, 6) is 1.00. The molecule has 1 aliphatic heterocycles. The van der Waals surface area contributed by atoms with E-state index in [2.05, 4.69) is 20.4 Å². The van der Waals surface area contributed by atoms with E-state index in [1.807, 2.05) is 11.6 Å². The van der Waals surface area contributed by atoms with Gasteiger partial charge < -0.3 is 14.6 Å². The molecule has 0 saturated carbocycles. The Hall–Kier alpha value is -0.980. The molecule has 1 saturated heterocycles. The number of aryl methyl sites for hydroxylation is 1. The second-order valence-corrected chi connectivity index (χ2v) is 4.88. The average Bonchev–Trinajstić information content (AvgIpc) is 2.99. The maximum atomic E-state index is 5.18. The van der Waals surface area contributed by atoms with Crippen LogP contribution in [0.2, 0.25) is 0 Å². The van der Waals surface area contributed by atoms with Crippen molar-refractivity contribution in [3.8, 4) is 0 Å². The van der Waals surface area contributed by atoms with Crippen LogP contribution in [0.1, 0.15) is 18.7 Å². The van der Waals surface area contributed by atoms with Crippen molar-refractivity contribution in [2.24, 2.45) is 7.05 Å². The predicted molar refractivity (Wildman–Crippen MR) is 69.2 cm³/mol. The third-order valence-corrected chi connectivity index (χ3v) is 3.42. The average molecular weight is 253 g/mol. The Kier molecular flexibility index (Phi) is 5.10. The van der Waals surface area contributed by atoms with Gasteiger partial charge in [0.05, 0.1) is 13.2 Å². The van der Waals surface area contributed by atoms with Crippen molar-refractivity contribution < 1.29 is 4.74 Å². The van der Waals surface area contributed by atoms with Crippen LogP contribution in [0, 0.1) is 0 Å². The Morgan fingerprint density at radius 3 is 3.11 bits per heavy atom. The van der Waals surface area contributed by atoms with Gasteiger partial charge in [0.1, 0.15) is 12.2 Å². The molecule has 0 spiro atoms. The molecule has 2 rings (SSSR count). The minimum Gasteiger partial charge on any atom is -0.383 e. The first-order valence-electron chi connectivity index (χ1n) is 6.57. The predicted octanol–water partition coefficient (Wildman–Crippen LogP) is 0.0155. The summed E-state index contributed by atoms with van der Waals surface area (Å²) in [4.78, 5) is 2.39. The molecule has 1 fully saturated rings. The van der Waals surface area contributed by atoms with Crippen LogP contribution in [-0.4, -0.2) is 59.1 Å². The van der Waals surface area contributed by atoms with Crippen molar-refractivity contribution >= 4 is 0 Å². The van der Waals surface area contributed by atoms with Crippen molar-refractivity contribution in [3.05, 3.63) is 12.2 Å². The smallest absolute Gasteiger partial charge is 0.146 e. The van der Waals surface area contributed by atoms with Crippen LogP contribution in [0.3, 0.4) is 0 Å². The molecule has 1 aromatic heterocycles. The first-order chi connectivity index (χ1) is 8.79. The summed E-state index contributed by atoms with van der Waals surface area (Å²) in [5.41, 5.74) is 0. The largest absolute Gasteiger partial charge is 0.383 e. The molecule has 1 atom stereocenters. The topological polar surface area (TPSA) is 55.2 Å². The zero-order chi connectivity index (χ0) is 12.8. The molecular weight excluding hydrogens is 230 g/mol. The standard InChI is InChI=1S/C12H23N5O/c1-16-10-14-15-12(16)9-17(6-7-18-2)8-11-4-3-5-13-11/h10-11,13H,3-9H2,1-2H3. The Labute approximate surface area is 108 Å². The molecule has 1 unspecified atom stereocenters. The Balaban J connectivity index is 1.89. The molecule has 0 aliphatic carbocycles. The van der Waals surface area contributed by atoms with Gasteiger partial charge in [-0.1, -0.05) is 0 Å². The Bertz CT molecular complexity index is 348. The maximum Gasteiger partial charge on any atom is 0.146 e. The van der Waals surface area contributed by atoms with E-state index in [4.69, 9.17) is 4.74 Å². The number of nitrogens with one attached hydrogen (secondary N) is 1. The van der Waals surface area contributed by atoms with E-state index >= 15 is 0 Å². The monoisotopic (exact) mass is 253 g/mol. The van der Waals surface area contributed by atoms with Gasteiger partial charge in [-0.15, -0.1) is 10.2 Å². The number of methoxy groups -OCH3 is 1. The summed E-state index contributed by atoms with van der Waals surface area (Å²) in [5, 5.41) is 11.6. The maximum absolute atomic E-state index is 5.18. The fourth-order valence-electron chi connectivity index (χ4n) is 2.33. The van der Waals surface area contributed by atoms with Crippen LogP contribution in [0.15, 0.2) is 6.33 Å². The molecule has 1 N–H and O–H groups in total. The molecule has 2 heterocycles.